The standard InChI is InChI=1S/C23H27ClN4O2S/c1-6-28-22(17(5)30-18-8-9-19(24)15(3)12-18)26-27-23(28)31-13-21(29)25-20-10-7-14(2)11-16(20)4/h7-12,17H,6,13H2,1-5H3,(H,25,29). The average molecular weight is 459 g/mol. The summed E-state index contributed by atoms with van der Waals surface area (Å²) in [5.41, 5.74) is 3.99. The van der Waals surface area contributed by atoms with Gasteiger partial charge in [-0.3, -0.25) is 4.79 Å². The number of nitrogens with zero attached hydrogens (tertiary/aromatic N) is 3. The zero-order valence-corrected chi connectivity index (χ0v) is 20.0. The number of hydrogen-bond donors (Lipinski definition) is 1. The second-order valence-electron chi connectivity index (χ2n) is 7.41. The first-order valence-electron chi connectivity index (χ1n) is 10.1. The molecule has 1 heterocycles. The third-order valence-electron chi connectivity index (χ3n) is 4.86. The molecule has 0 saturated carbocycles. The highest BCUT2D eigenvalue weighted by Crippen LogP contribution is 2.27. The van der Waals surface area contributed by atoms with Gasteiger partial charge in [0.05, 0.1) is 5.75 Å². The molecular weight excluding hydrogens is 432 g/mol. The highest BCUT2D eigenvalue weighted by atomic mass is 35.5. The molecule has 0 bridgehead atoms. The Balaban J connectivity index is 1.65. The maximum absolute atomic E-state index is 12.4. The first-order chi connectivity index (χ1) is 14.8. The number of hydrogen-bond acceptors (Lipinski definition) is 5. The topological polar surface area (TPSA) is 69.0 Å². The minimum atomic E-state index is -0.300. The van der Waals surface area contributed by atoms with E-state index in [2.05, 4.69) is 15.5 Å². The van der Waals surface area contributed by atoms with Gasteiger partial charge in [0, 0.05) is 17.3 Å². The van der Waals surface area contributed by atoms with Gasteiger partial charge >= 0.3 is 0 Å². The van der Waals surface area contributed by atoms with Gasteiger partial charge in [-0.05, 0) is 70.0 Å². The van der Waals surface area contributed by atoms with Crippen LogP contribution in [0.5, 0.6) is 5.75 Å². The first-order valence-corrected chi connectivity index (χ1v) is 11.5. The SMILES string of the molecule is CCn1c(SCC(=O)Nc2ccc(C)cc2C)nnc1C(C)Oc1ccc(Cl)c(C)c1. The number of halogens is 1. The molecule has 1 N–H and O–H groups in total. The molecule has 3 rings (SSSR count). The van der Waals surface area contributed by atoms with Crippen LogP contribution in [0.3, 0.4) is 0 Å². The summed E-state index contributed by atoms with van der Waals surface area (Å²) in [4.78, 5) is 12.4. The lowest BCUT2D eigenvalue weighted by Crippen LogP contribution is -2.16. The van der Waals surface area contributed by atoms with Gasteiger partial charge in [0.25, 0.3) is 0 Å². The van der Waals surface area contributed by atoms with E-state index in [9.17, 15) is 4.79 Å². The lowest BCUT2D eigenvalue weighted by atomic mass is 10.1. The average Bonchev–Trinajstić information content (AvgIpc) is 3.14. The van der Waals surface area contributed by atoms with E-state index in [4.69, 9.17) is 16.3 Å². The lowest BCUT2D eigenvalue weighted by molar-refractivity contribution is -0.113. The fourth-order valence-electron chi connectivity index (χ4n) is 3.22. The van der Waals surface area contributed by atoms with Crippen molar-refractivity contribution in [1.82, 2.24) is 14.8 Å². The van der Waals surface area contributed by atoms with Crippen molar-refractivity contribution in [2.75, 3.05) is 11.1 Å². The van der Waals surface area contributed by atoms with Gasteiger partial charge in [-0.15, -0.1) is 10.2 Å². The van der Waals surface area contributed by atoms with E-state index in [0.29, 0.717) is 22.5 Å². The van der Waals surface area contributed by atoms with Gasteiger partial charge in [0.15, 0.2) is 17.1 Å². The molecule has 1 atom stereocenters. The molecule has 2 aromatic carbocycles. The highest BCUT2D eigenvalue weighted by Gasteiger charge is 2.20. The zero-order chi connectivity index (χ0) is 22.5. The van der Waals surface area contributed by atoms with Gasteiger partial charge in [-0.2, -0.15) is 0 Å². The molecule has 6 nitrogen and oxygen atoms in total. The summed E-state index contributed by atoms with van der Waals surface area (Å²) in [6, 6.07) is 11.5. The summed E-state index contributed by atoms with van der Waals surface area (Å²) >= 11 is 7.46. The lowest BCUT2D eigenvalue weighted by Gasteiger charge is -2.16. The van der Waals surface area contributed by atoms with E-state index < -0.39 is 0 Å². The van der Waals surface area contributed by atoms with Gasteiger partial charge < -0.3 is 14.6 Å². The molecule has 3 aromatic rings. The van der Waals surface area contributed by atoms with Crippen LogP contribution in [0, 0.1) is 20.8 Å². The molecule has 0 saturated heterocycles. The number of thioether (sulfide) groups is 1. The Morgan fingerprint density at radius 2 is 1.94 bits per heavy atom. The van der Waals surface area contributed by atoms with Crippen LogP contribution in [-0.4, -0.2) is 26.4 Å². The highest BCUT2D eigenvalue weighted by molar-refractivity contribution is 7.99. The number of rotatable bonds is 8. The number of benzene rings is 2. The number of aryl methyl sites for hydroxylation is 3. The monoisotopic (exact) mass is 458 g/mol. The molecule has 0 fully saturated rings. The van der Waals surface area contributed by atoms with Crippen LogP contribution in [0.1, 0.15) is 42.5 Å². The van der Waals surface area contributed by atoms with Gasteiger partial charge in [-0.1, -0.05) is 41.1 Å². The number of carbonyl (C=O) groups excluding carboxylic acids is 1. The molecule has 0 radical (unpaired) electrons. The molecule has 1 unspecified atom stereocenters. The van der Waals surface area contributed by atoms with E-state index in [1.54, 1.807) is 0 Å². The van der Waals surface area contributed by atoms with Crippen molar-refractivity contribution in [3.63, 3.8) is 0 Å². The fourth-order valence-corrected chi connectivity index (χ4v) is 4.15. The van der Waals surface area contributed by atoms with Crippen molar-refractivity contribution in [2.45, 2.75) is 52.4 Å². The fraction of sp³-hybridized carbons (Fsp3) is 0.348. The molecular formula is C23H27ClN4O2S. The predicted octanol–water partition coefficient (Wildman–Crippen LogP) is 5.75. The Bertz CT molecular complexity index is 1080. The molecule has 0 aliphatic heterocycles. The smallest absolute Gasteiger partial charge is 0.234 e. The van der Waals surface area contributed by atoms with Crippen LogP contribution in [-0.2, 0) is 11.3 Å². The van der Waals surface area contributed by atoms with Crippen molar-refractivity contribution < 1.29 is 9.53 Å². The Kier molecular flexibility index (Phi) is 7.62. The third-order valence-corrected chi connectivity index (χ3v) is 6.25. The summed E-state index contributed by atoms with van der Waals surface area (Å²) in [6.45, 7) is 10.6. The molecule has 31 heavy (non-hydrogen) atoms. The Labute approximate surface area is 192 Å². The van der Waals surface area contributed by atoms with E-state index in [0.717, 1.165) is 22.6 Å². The van der Waals surface area contributed by atoms with Crippen LogP contribution < -0.4 is 10.1 Å². The van der Waals surface area contributed by atoms with E-state index >= 15 is 0 Å². The van der Waals surface area contributed by atoms with Gasteiger partial charge in [0.2, 0.25) is 5.91 Å². The van der Waals surface area contributed by atoms with E-state index in [1.807, 2.05) is 75.6 Å². The predicted molar refractivity (Wildman–Crippen MR) is 126 cm³/mol. The van der Waals surface area contributed by atoms with Crippen molar-refractivity contribution in [2.24, 2.45) is 0 Å². The summed E-state index contributed by atoms with van der Waals surface area (Å²) in [6.07, 6.45) is -0.300. The number of carbonyl (C=O) groups is 1. The second-order valence-corrected chi connectivity index (χ2v) is 8.76. The molecule has 1 amide bonds. The van der Waals surface area contributed by atoms with Gasteiger partial charge in [0.1, 0.15) is 5.75 Å². The van der Waals surface area contributed by atoms with Crippen molar-refractivity contribution in [3.8, 4) is 5.75 Å². The number of nitrogens with one attached hydrogen (secondary N) is 1. The van der Waals surface area contributed by atoms with Crippen molar-refractivity contribution >= 4 is 35.0 Å². The molecule has 0 aliphatic carbocycles. The van der Waals surface area contributed by atoms with E-state index in [1.165, 1.54) is 17.3 Å². The quantitative estimate of drug-likeness (QED) is 0.435. The molecule has 0 spiro atoms. The number of ether oxygens (including phenoxy) is 1. The minimum Gasteiger partial charge on any atom is -0.483 e. The normalized spacial score (nSPS) is 11.9. The van der Waals surface area contributed by atoms with E-state index in [-0.39, 0.29) is 17.8 Å². The maximum atomic E-state index is 12.4. The third kappa shape index (κ3) is 5.80. The van der Waals surface area contributed by atoms with Crippen molar-refractivity contribution in [1.29, 1.82) is 0 Å². The Morgan fingerprint density at radius 3 is 2.61 bits per heavy atom. The molecule has 1 aromatic heterocycles. The first kappa shape index (κ1) is 23.2. The molecule has 0 aliphatic rings. The van der Waals surface area contributed by atoms with Gasteiger partial charge in [-0.25, -0.2) is 0 Å². The summed E-state index contributed by atoms with van der Waals surface area (Å²) < 4.78 is 8.02. The van der Waals surface area contributed by atoms with Crippen molar-refractivity contribution in [3.05, 3.63) is 63.9 Å². The summed E-state index contributed by atoms with van der Waals surface area (Å²) in [7, 11) is 0. The molecule has 164 valence electrons. The summed E-state index contributed by atoms with van der Waals surface area (Å²) in [5.74, 6) is 1.61. The Morgan fingerprint density at radius 1 is 1.16 bits per heavy atom. The number of anilines is 1. The summed E-state index contributed by atoms with van der Waals surface area (Å²) in [5, 5.41) is 13.0. The minimum absolute atomic E-state index is 0.0786. The number of aromatic nitrogens is 3. The largest absolute Gasteiger partial charge is 0.483 e. The van der Waals surface area contributed by atoms with Crippen LogP contribution in [0.2, 0.25) is 5.02 Å². The van der Waals surface area contributed by atoms with Crippen LogP contribution in [0.4, 0.5) is 5.69 Å². The Hall–Kier alpha value is -2.51. The zero-order valence-electron chi connectivity index (χ0n) is 18.4. The van der Waals surface area contributed by atoms with Crippen LogP contribution >= 0.6 is 23.4 Å². The van der Waals surface area contributed by atoms with Crippen LogP contribution in [0.15, 0.2) is 41.6 Å². The number of amides is 1. The molecule has 8 heteroatoms. The van der Waals surface area contributed by atoms with Crippen LogP contribution in [0.25, 0.3) is 0 Å². The second kappa shape index (κ2) is 10.2. The maximum Gasteiger partial charge on any atom is 0.234 e.